The number of amides is 1. The van der Waals surface area contributed by atoms with Crippen molar-refractivity contribution >= 4 is 33.2 Å². The van der Waals surface area contributed by atoms with E-state index in [0.717, 1.165) is 16.1 Å². The minimum Gasteiger partial charge on any atom is -0.495 e. The van der Waals surface area contributed by atoms with E-state index in [4.69, 9.17) is 16.3 Å². The predicted octanol–water partition coefficient (Wildman–Crippen LogP) is 3.03. The molecular formula is C19H23ClN2O4S. The number of sulfonamides is 1. The van der Waals surface area contributed by atoms with Crippen molar-refractivity contribution in [3.05, 3.63) is 59.1 Å². The predicted molar refractivity (Wildman–Crippen MR) is 108 cm³/mol. The second-order valence-electron chi connectivity index (χ2n) is 6.20. The molecule has 0 aliphatic rings. The van der Waals surface area contributed by atoms with Crippen molar-refractivity contribution in [2.45, 2.75) is 12.8 Å². The quantitative estimate of drug-likeness (QED) is 0.725. The van der Waals surface area contributed by atoms with E-state index in [-0.39, 0.29) is 17.5 Å². The largest absolute Gasteiger partial charge is 0.495 e. The highest BCUT2D eigenvalue weighted by Crippen LogP contribution is 2.30. The standard InChI is InChI=1S/C19H23ClN2O4S/c1-14(15-7-5-4-6-8-15)12-21-19(23)13-22(27(3,24)25)16-9-10-18(26-2)17(20)11-16/h4-11,14H,12-13H2,1-3H3,(H,21,23)/t14-/m1/s1. The van der Waals surface area contributed by atoms with Gasteiger partial charge in [-0.25, -0.2) is 8.42 Å². The summed E-state index contributed by atoms with van der Waals surface area (Å²) in [5, 5.41) is 3.05. The van der Waals surface area contributed by atoms with Crippen molar-refractivity contribution in [2.75, 3.05) is 30.8 Å². The average molecular weight is 411 g/mol. The van der Waals surface area contributed by atoms with Gasteiger partial charge in [-0.05, 0) is 29.7 Å². The van der Waals surface area contributed by atoms with Crippen molar-refractivity contribution in [3.63, 3.8) is 0 Å². The zero-order valence-electron chi connectivity index (χ0n) is 15.5. The molecule has 6 nitrogen and oxygen atoms in total. The molecule has 0 saturated carbocycles. The lowest BCUT2D eigenvalue weighted by Gasteiger charge is -2.23. The number of carbonyl (C=O) groups is 1. The van der Waals surface area contributed by atoms with Crippen LogP contribution in [0.3, 0.4) is 0 Å². The normalized spacial score (nSPS) is 12.3. The summed E-state index contributed by atoms with van der Waals surface area (Å²) in [6.45, 7) is 2.07. The highest BCUT2D eigenvalue weighted by molar-refractivity contribution is 7.92. The van der Waals surface area contributed by atoms with Crippen molar-refractivity contribution in [3.8, 4) is 5.75 Å². The second-order valence-corrected chi connectivity index (χ2v) is 8.52. The van der Waals surface area contributed by atoms with Gasteiger partial charge in [-0.1, -0.05) is 48.9 Å². The Labute approximate surface area is 165 Å². The maximum atomic E-state index is 12.3. The summed E-state index contributed by atoms with van der Waals surface area (Å²) in [7, 11) is -2.20. The molecule has 1 atom stereocenters. The molecule has 0 saturated heterocycles. The molecule has 27 heavy (non-hydrogen) atoms. The Morgan fingerprint density at radius 3 is 2.44 bits per heavy atom. The van der Waals surface area contributed by atoms with Crippen LogP contribution in [0.15, 0.2) is 48.5 Å². The third-order valence-corrected chi connectivity index (χ3v) is 5.52. The zero-order chi connectivity index (χ0) is 20.0. The highest BCUT2D eigenvalue weighted by Gasteiger charge is 2.22. The first kappa shape index (κ1) is 21.1. The lowest BCUT2D eigenvalue weighted by atomic mass is 10.0. The van der Waals surface area contributed by atoms with Gasteiger partial charge in [0.25, 0.3) is 0 Å². The number of nitrogens with one attached hydrogen (secondary N) is 1. The molecule has 0 fully saturated rings. The number of anilines is 1. The number of hydrogen-bond donors (Lipinski definition) is 1. The van der Waals surface area contributed by atoms with Crippen LogP contribution in [0, 0.1) is 0 Å². The molecule has 2 aromatic carbocycles. The van der Waals surface area contributed by atoms with Crippen molar-refractivity contribution in [1.29, 1.82) is 0 Å². The minimum atomic E-state index is -3.67. The van der Waals surface area contributed by atoms with Crippen LogP contribution in [0.25, 0.3) is 0 Å². The van der Waals surface area contributed by atoms with E-state index in [2.05, 4.69) is 5.32 Å². The van der Waals surface area contributed by atoms with Gasteiger partial charge in [0.2, 0.25) is 15.9 Å². The van der Waals surface area contributed by atoms with Gasteiger partial charge in [0.1, 0.15) is 12.3 Å². The van der Waals surface area contributed by atoms with Crippen LogP contribution in [0.5, 0.6) is 5.75 Å². The minimum absolute atomic E-state index is 0.109. The Kier molecular flexibility index (Phi) is 7.10. The van der Waals surface area contributed by atoms with Crippen LogP contribution in [0.4, 0.5) is 5.69 Å². The summed E-state index contributed by atoms with van der Waals surface area (Å²) in [6.07, 6.45) is 1.05. The molecule has 0 aliphatic heterocycles. The molecule has 0 unspecified atom stereocenters. The van der Waals surface area contributed by atoms with Crippen LogP contribution in [0.1, 0.15) is 18.4 Å². The van der Waals surface area contributed by atoms with Crippen LogP contribution in [-0.4, -0.2) is 40.8 Å². The Bertz CT molecular complexity index is 888. The van der Waals surface area contributed by atoms with Gasteiger partial charge in [0, 0.05) is 6.54 Å². The van der Waals surface area contributed by atoms with Crippen molar-refractivity contribution in [2.24, 2.45) is 0 Å². The zero-order valence-corrected chi connectivity index (χ0v) is 17.0. The average Bonchev–Trinajstić information content (AvgIpc) is 2.64. The van der Waals surface area contributed by atoms with Crippen molar-refractivity contribution < 1.29 is 17.9 Å². The molecule has 8 heteroatoms. The fourth-order valence-corrected chi connectivity index (χ4v) is 3.66. The fraction of sp³-hybridized carbons (Fsp3) is 0.316. The summed E-state index contributed by atoms with van der Waals surface area (Å²) in [4.78, 5) is 12.3. The number of carbonyl (C=O) groups excluding carboxylic acids is 1. The molecule has 1 amide bonds. The maximum Gasteiger partial charge on any atom is 0.240 e. The molecule has 0 aliphatic carbocycles. The van der Waals surface area contributed by atoms with Gasteiger partial charge in [-0.3, -0.25) is 9.10 Å². The fourth-order valence-electron chi connectivity index (χ4n) is 2.56. The Morgan fingerprint density at radius 2 is 1.89 bits per heavy atom. The SMILES string of the molecule is COc1ccc(N(CC(=O)NC[C@@H](C)c2ccccc2)S(C)(=O)=O)cc1Cl. The summed E-state index contributed by atoms with van der Waals surface area (Å²) in [6, 6.07) is 14.3. The molecule has 146 valence electrons. The molecule has 1 N–H and O–H groups in total. The molecule has 0 spiro atoms. The van der Waals surface area contributed by atoms with Crippen LogP contribution < -0.4 is 14.4 Å². The Hall–Kier alpha value is -2.25. The summed E-state index contributed by atoms with van der Waals surface area (Å²) in [5.41, 5.74) is 1.40. The number of methoxy groups -OCH3 is 1. The van der Waals surface area contributed by atoms with Gasteiger partial charge >= 0.3 is 0 Å². The highest BCUT2D eigenvalue weighted by atomic mass is 35.5. The third kappa shape index (κ3) is 5.87. The number of rotatable bonds is 8. The lowest BCUT2D eigenvalue weighted by molar-refractivity contribution is -0.119. The molecule has 2 rings (SSSR count). The first-order valence-corrected chi connectivity index (χ1v) is 10.6. The van der Waals surface area contributed by atoms with E-state index in [1.54, 1.807) is 12.1 Å². The number of ether oxygens (including phenoxy) is 1. The summed E-state index contributed by atoms with van der Waals surface area (Å²) >= 11 is 6.08. The van der Waals surface area contributed by atoms with Crippen LogP contribution in [0.2, 0.25) is 5.02 Å². The lowest BCUT2D eigenvalue weighted by Crippen LogP contribution is -2.41. The smallest absolute Gasteiger partial charge is 0.240 e. The first-order valence-electron chi connectivity index (χ1n) is 8.35. The van der Waals surface area contributed by atoms with E-state index < -0.39 is 15.9 Å². The van der Waals surface area contributed by atoms with E-state index in [1.165, 1.54) is 13.2 Å². The second kappa shape index (κ2) is 9.10. The van der Waals surface area contributed by atoms with E-state index >= 15 is 0 Å². The van der Waals surface area contributed by atoms with Crippen LogP contribution >= 0.6 is 11.6 Å². The van der Waals surface area contributed by atoms with Gasteiger partial charge in [-0.15, -0.1) is 0 Å². The third-order valence-electron chi connectivity index (χ3n) is 4.08. The van der Waals surface area contributed by atoms with E-state index in [1.807, 2.05) is 37.3 Å². The molecule has 0 heterocycles. The van der Waals surface area contributed by atoms with Crippen molar-refractivity contribution in [1.82, 2.24) is 5.32 Å². The van der Waals surface area contributed by atoms with Crippen LogP contribution in [-0.2, 0) is 14.8 Å². The van der Waals surface area contributed by atoms with Gasteiger partial charge in [0.05, 0.1) is 24.1 Å². The molecule has 0 radical (unpaired) electrons. The number of nitrogens with zero attached hydrogens (tertiary/aromatic N) is 1. The Balaban J connectivity index is 2.08. The molecular weight excluding hydrogens is 388 g/mol. The summed E-state index contributed by atoms with van der Waals surface area (Å²) < 4.78 is 30.4. The molecule has 0 aromatic heterocycles. The molecule has 0 bridgehead atoms. The topological polar surface area (TPSA) is 75.7 Å². The monoisotopic (exact) mass is 410 g/mol. The maximum absolute atomic E-state index is 12.3. The van der Waals surface area contributed by atoms with Gasteiger partial charge in [-0.2, -0.15) is 0 Å². The number of halogens is 1. The van der Waals surface area contributed by atoms with E-state index in [9.17, 15) is 13.2 Å². The van der Waals surface area contributed by atoms with E-state index in [0.29, 0.717) is 18.0 Å². The Morgan fingerprint density at radius 1 is 1.22 bits per heavy atom. The first-order chi connectivity index (χ1) is 12.7. The number of benzene rings is 2. The van der Waals surface area contributed by atoms with Gasteiger partial charge in [0.15, 0.2) is 0 Å². The molecule has 2 aromatic rings. The van der Waals surface area contributed by atoms with Gasteiger partial charge < -0.3 is 10.1 Å². The number of hydrogen-bond acceptors (Lipinski definition) is 4. The summed E-state index contributed by atoms with van der Waals surface area (Å²) in [5.74, 6) is 0.141.